The molecule has 8 heteroatoms. The molecule has 0 amide bonds. The Balaban J connectivity index is 2.17. The molecule has 0 saturated carbocycles. The lowest BCUT2D eigenvalue weighted by Crippen LogP contribution is -2.27. The summed E-state index contributed by atoms with van der Waals surface area (Å²) in [5.41, 5.74) is 0.493. The second kappa shape index (κ2) is 6.53. The summed E-state index contributed by atoms with van der Waals surface area (Å²) in [6.07, 6.45) is 2.21. The van der Waals surface area contributed by atoms with Crippen molar-refractivity contribution in [3.8, 4) is 0 Å². The van der Waals surface area contributed by atoms with E-state index in [2.05, 4.69) is 9.71 Å². The van der Waals surface area contributed by atoms with Crippen molar-refractivity contribution in [2.24, 2.45) is 0 Å². The Morgan fingerprint density at radius 3 is 3.00 bits per heavy atom. The molecule has 0 fully saturated rings. The first kappa shape index (κ1) is 15.2. The fourth-order valence-electron chi connectivity index (χ4n) is 1.78. The minimum absolute atomic E-state index is 0.0338. The van der Waals surface area contributed by atoms with Gasteiger partial charge in [-0.15, -0.1) is 0 Å². The van der Waals surface area contributed by atoms with Crippen LogP contribution in [0.15, 0.2) is 29.4 Å². The summed E-state index contributed by atoms with van der Waals surface area (Å²) in [6.45, 7) is 3.31. The summed E-state index contributed by atoms with van der Waals surface area (Å²) >= 11 is 5.94. The zero-order chi connectivity index (χ0) is 14.6. The highest BCUT2D eigenvalue weighted by Gasteiger charge is 2.23. The molecule has 0 spiro atoms. The van der Waals surface area contributed by atoms with Gasteiger partial charge in [0.2, 0.25) is 0 Å². The van der Waals surface area contributed by atoms with Gasteiger partial charge in [0.05, 0.1) is 0 Å². The minimum atomic E-state index is -3.70. The van der Waals surface area contributed by atoms with Crippen LogP contribution in [0.1, 0.15) is 13.3 Å². The van der Waals surface area contributed by atoms with E-state index < -0.39 is 10.0 Å². The van der Waals surface area contributed by atoms with Crippen LogP contribution in [0.3, 0.4) is 0 Å². The van der Waals surface area contributed by atoms with Crippen LogP contribution in [0, 0.1) is 0 Å². The number of imidazole rings is 1. The molecule has 2 aromatic rings. The fourth-order valence-corrected chi connectivity index (χ4v) is 3.49. The van der Waals surface area contributed by atoms with E-state index in [0.29, 0.717) is 31.8 Å². The first-order valence-corrected chi connectivity index (χ1v) is 8.12. The Morgan fingerprint density at radius 1 is 1.45 bits per heavy atom. The maximum atomic E-state index is 12.3. The van der Waals surface area contributed by atoms with Gasteiger partial charge in [0.15, 0.2) is 10.2 Å². The Bertz CT molecular complexity index is 684. The van der Waals surface area contributed by atoms with Crippen LogP contribution in [0.5, 0.6) is 0 Å². The van der Waals surface area contributed by atoms with Crippen molar-refractivity contribution in [2.75, 3.05) is 19.8 Å². The molecular weight excluding hydrogens is 302 g/mol. The van der Waals surface area contributed by atoms with E-state index in [1.807, 2.05) is 6.92 Å². The fraction of sp³-hybridized carbons (Fsp3) is 0.417. The molecule has 2 rings (SSSR count). The highest BCUT2D eigenvalue weighted by Crippen LogP contribution is 2.22. The largest absolute Gasteiger partial charge is 0.382 e. The van der Waals surface area contributed by atoms with E-state index in [-0.39, 0.29) is 10.2 Å². The van der Waals surface area contributed by atoms with Crippen LogP contribution in [0.4, 0.5) is 0 Å². The van der Waals surface area contributed by atoms with Gasteiger partial charge < -0.3 is 4.74 Å². The summed E-state index contributed by atoms with van der Waals surface area (Å²) in [6, 6.07) is 5.18. The Morgan fingerprint density at radius 2 is 2.25 bits per heavy atom. The van der Waals surface area contributed by atoms with Crippen LogP contribution in [-0.4, -0.2) is 37.6 Å². The molecule has 0 saturated heterocycles. The second-order valence-electron chi connectivity index (χ2n) is 4.08. The maximum Gasteiger partial charge on any atom is 0.259 e. The number of halogens is 1. The molecule has 0 unspecified atom stereocenters. The lowest BCUT2D eigenvalue weighted by atomic mass is 10.5. The van der Waals surface area contributed by atoms with Crippen LogP contribution < -0.4 is 4.72 Å². The molecule has 0 radical (unpaired) electrons. The Labute approximate surface area is 122 Å². The van der Waals surface area contributed by atoms with Crippen LogP contribution in [0.2, 0.25) is 5.15 Å². The van der Waals surface area contributed by atoms with E-state index in [1.165, 1.54) is 4.40 Å². The minimum Gasteiger partial charge on any atom is -0.382 e. The molecular formula is C12H16ClN3O3S. The zero-order valence-electron chi connectivity index (χ0n) is 11.0. The maximum absolute atomic E-state index is 12.3. The van der Waals surface area contributed by atoms with Crippen molar-refractivity contribution >= 4 is 27.3 Å². The number of aromatic nitrogens is 2. The van der Waals surface area contributed by atoms with Crippen molar-refractivity contribution in [1.82, 2.24) is 14.1 Å². The molecule has 2 aromatic heterocycles. The molecule has 0 aliphatic rings. The van der Waals surface area contributed by atoms with Gasteiger partial charge in [-0.1, -0.05) is 17.7 Å². The predicted molar refractivity (Wildman–Crippen MR) is 76.5 cm³/mol. The summed E-state index contributed by atoms with van der Waals surface area (Å²) in [5.74, 6) is 0. The average Bonchev–Trinajstić information content (AvgIpc) is 2.75. The first-order valence-electron chi connectivity index (χ1n) is 6.26. The third kappa shape index (κ3) is 3.29. The predicted octanol–water partition coefficient (Wildman–Crippen LogP) is 1.69. The molecule has 2 heterocycles. The van der Waals surface area contributed by atoms with Crippen molar-refractivity contribution in [3.63, 3.8) is 0 Å². The summed E-state index contributed by atoms with van der Waals surface area (Å²) in [7, 11) is -3.70. The third-order valence-corrected chi connectivity index (χ3v) is 4.52. The average molecular weight is 318 g/mol. The summed E-state index contributed by atoms with van der Waals surface area (Å²) < 4.78 is 33.6. The number of sulfonamides is 1. The quantitative estimate of drug-likeness (QED) is 0.789. The number of hydrogen-bond acceptors (Lipinski definition) is 4. The van der Waals surface area contributed by atoms with Crippen molar-refractivity contribution in [3.05, 3.63) is 29.5 Å². The van der Waals surface area contributed by atoms with Gasteiger partial charge in [-0.2, -0.15) is 0 Å². The lowest BCUT2D eigenvalue weighted by Gasteiger charge is -2.07. The van der Waals surface area contributed by atoms with Crippen molar-refractivity contribution in [1.29, 1.82) is 0 Å². The number of nitrogens with zero attached hydrogens (tertiary/aromatic N) is 2. The summed E-state index contributed by atoms with van der Waals surface area (Å²) in [5, 5.41) is -0.0697. The van der Waals surface area contributed by atoms with Gasteiger partial charge >= 0.3 is 0 Å². The third-order valence-electron chi connectivity index (χ3n) is 2.66. The van der Waals surface area contributed by atoms with Crippen LogP contribution in [0.25, 0.3) is 5.65 Å². The second-order valence-corrected chi connectivity index (χ2v) is 6.13. The molecule has 0 aromatic carbocycles. The molecule has 0 aliphatic carbocycles. The van der Waals surface area contributed by atoms with Crippen molar-refractivity contribution < 1.29 is 13.2 Å². The van der Waals surface area contributed by atoms with Crippen LogP contribution in [-0.2, 0) is 14.8 Å². The number of ether oxygens (including phenoxy) is 1. The molecule has 20 heavy (non-hydrogen) atoms. The zero-order valence-corrected chi connectivity index (χ0v) is 12.6. The van der Waals surface area contributed by atoms with Crippen LogP contribution >= 0.6 is 11.6 Å². The van der Waals surface area contributed by atoms with Gasteiger partial charge in [-0.3, -0.25) is 4.40 Å². The molecule has 0 bridgehead atoms. The van der Waals surface area contributed by atoms with Gasteiger partial charge in [-0.05, 0) is 25.5 Å². The standard InChI is InChI=1S/C12H16ClN3O3S/c1-2-19-9-5-7-14-20(17,18)12-11(13)15-10-6-3-4-8-16(10)12/h3-4,6,8,14H,2,5,7,9H2,1H3. The molecule has 6 nitrogen and oxygen atoms in total. The Hall–Kier alpha value is -1.15. The first-order chi connectivity index (χ1) is 9.56. The number of hydrogen-bond donors (Lipinski definition) is 1. The number of nitrogens with one attached hydrogen (secondary N) is 1. The van der Waals surface area contributed by atoms with E-state index >= 15 is 0 Å². The van der Waals surface area contributed by atoms with Crippen molar-refractivity contribution in [2.45, 2.75) is 18.4 Å². The normalized spacial score (nSPS) is 12.1. The van der Waals surface area contributed by atoms with E-state index in [4.69, 9.17) is 16.3 Å². The highest BCUT2D eigenvalue weighted by molar-refractivity contribution is 7.89. The Kier molecular flexibility index (Phi) is 4.98. The number of rotatable bonds is 7. The molecule has 0 atom stereocenters. The van der Waals surface area contributed by atoms with Gasteiger partial charge in [0.1, 0.15) is 5.65 Å². The molecule has 1 N–H and O–H groups in total. The number of fused-ring (bicyclic) bond motifs is 1. The van der Waals surface area contributed by atoms with Gasteiger partial charge in [0.25, 0.3) is 10.0 Å². The molecule has 0 aliphatic heterocycles. The van der Waals surface area contributed by atoms with Gasteiger partial charge in [-0.25, -0.2) is 18.1 Å². The smallest absolute Gasteiger partial charge is 0.259 e. The number of pyridine rings is 1. The van der Waals surface area contributed by atoms with E-state index in [0.717, 1.165) is 0 Å². The topological polar surface area (TPSA) is 72.7 Å². The van der Waals surface area contributed by atoms with E-state index in [9.17, 15) is 8.42 Å². The SMILES string of the molecule is CCOCCCNS(=O)(=O)c1c(Cl)nc2ccccn12. The lowest BCUT2D eigenvalue weighted by molar-refractivity contribution is 0.146. The molecule has 110 valence electrons. The van der Waals surface area contributed by atoms with E-state index in [1.54, 1.807) is 24.4 Å². The monoisotopic (exact) mass is 317 g/mol. The van der Waals surface area contributed by atoms with Gasteiger partial charge in [0, 0.05) is 26.0 Å². The highest BCUT2D eigenvalue weighted by atomic mass is 35.5. The summed E-state index contributed by atoms with van der Waals surface area (Å²) in [4.78, 5) is 4.02.